The number of morpholine rings is 1. The first-order valence-electron chi connectivity index (χ1n) is 8.79. The molecule has 3 heterocycles. The quantitative estimate of drug-likeness (QED) is 0.823. The van der Waals surface area contributed by atoms with E-state index in [1.54, 1.807) is 12.1 Å². The zero-order chi connectivity index (χ0) is 18.7. The van der Waals surface area contributed by atoms with Crippen LogP contribution in [-0.2, 0) is 14.8 Å². The normalized spacial score (nSPS) is 20.2. The summed E-state index contributed by atoms with van der Waals surface area (Å²) < 4.78 is 43.4. The molecule has 1 atom stereocenters. The molecule has 4 rings (SSSR count). The highest BCUT2D eigenvalue weighted by molar-refractivity contribution is 7.89. The topological polar surface area (TPSA) is 90.0 Å². The minimum atomic E-state index is -3.53. The van der Waals surface area contributed by atoms with E-state index in [0.717, 1.165) is 11.5 Å². The SMILES string of the molecule is O=S(=O)(c1ccc(NC[C@@H]2COc3ccccc3O2)nc1)N1CCOCC1. The third kappa shape index (κ3) is 4.00. The molecule has 1 N–H and O–H groups in total. The highest BCUT2D eigenvalue weighted by Gasteiger charge is 2.26. The van der Waals surface area contributed by atoms with E-state index in [-0.39, 0.29) is 11.0 Å². The number of rotatable bonds is 5. The molecule has 9 heteroatoms. The smallest absolute Gasteiger partial charge is 0.244 e. The predicted molar refractivity (Wildman–Crippen MR) is 98.7 cm³/mol. The molecule has 0 aliphatic carbocycles. The lowest BCUT2D eigenvalue weighted by Crippen LogP contribution is -2.40. The Morgan fingerprint density at radius 3 is 2.63 bits per heavy atom. The Balaban J connectivity index is 1.36. The van der Waals surface area contributed by atoms with Crippen molar-refractivity contribution in [2.45, 2.75) is 11.0 Å². The van der Waals surface area contributed by atoms with Gasteiger partial charge in [-0.05, 0) is 24.3 Å². The van der Waals surface area contributed by atoms with Gasteiger partial charge in [-0.2, -0.15) is 4.31 Å². The molecule has 27 heavy (non-hydrogen) atoms. The largest absolute Gasteiger partial charge is 0.486 e. The van der Waals surface area contributed by atoms with E-state index in [4.69, 9.17) is 14.2 Å². The number of aromatic nitrogens is 1. The Hall–Kier alpha value is -2.36. The fourth-order valence-electron chi connectivity index (χ4n) is 2.96. The zero-order valence-electron chi connectivity index (χ0n) is 14.7. The first kappa shape index (κ1) is 18.0. The van der Waals surface area contributed by atoms with E-state index >= 15 is 0 Å². The standard InChI is InChI=1S/C18H21N3O5S/c22-27(23,21-7-9-24-10-8-21)15-5-6-18(20-12-15)19-11-14-13-25-16-3-1-2-4-17(16)26-14/h1-6,12,14H,7-11,13H2,(H,19,20)/t14-/m1/s1. The van der Waals surface area contributed by atoms with Crippen molar-refractivity contribution in [1.82, 2.24) is 9.29 Å². The summed E-state index contributed by atoms with van der Waals surface area (Å²) >= 11 is 0. The van der Waals surface area contributed by atoms with Crippen molar-refractivity contribution in [2.24, 2.45) is 0 Å². The Morgan fingerprint density at radius 1 is 1.11 bits per heavy atom. The lowest BCUT2D eigenvalue weighted by molar-refractivity contribution is 0.0730. The number of hydrogen-bond acceptors (Lipinski definition) is 7. The van der Waals surface area contributed by atoms with E-state index < -0.39 is 10.0 Å². The van der Waals surface area contributed by atoms with Gasteiger partial charge in [0, 0.05) is 19.3 Å². The van der Waals surface area contributed by atoms with Gasteiger partial charge >= 0.3 is 0 Å². The summed E-state index contributed by atoms with van der Waals surface area (Å²) in [5.74, 6) is 2.04. The first-order chi connectivity index (χ1) is 13.1. The van der Waals surface area contributed by atoms with Gasteiger partial charge in [-0.15, -0.1) is 0 Å². The number of fused-ring (bicyclic) bond motifs is 1. The number of nitrogens with zero attached hydrogens (tertiary/aromatic N) is 2. The van der Waals surface area contributed by atoms with Crippen molar-refractivity contribution < 1.29 is 22.6 Å². The molecule has 1 fully saturated rings. The van der Waals surface area contributed by atoms with E-state index in [0.29, 0.717) is 45.3 Å². The molecule has 144 valence electrons. The first-order valence-corrected chi connectivity index (χ1v) is 10.2. The van der Waals surface area contributed by atoms with Crippen LogP contribution in [0, 0.1) is 0 Å². The number of benzene rings is 1. The molecule has 8 nitrogen and oxygen atoms in total. The third-order valence-electron chi connectivity index (χ3n) is 4.42. The van der Waals surface area contributed by atoms with Crippen LogP contribution in [-0.4, -0.2) is 63.3 Å². The summed E-state index contributed by atoms with van der Waals surface area (Å²) in [7, 11) is -3.53. The third-order valence-corrected chi connectivity index (χ3v) is 6.30. The molecule has 2 aromatic rings. The summed E-state index contributed by atoms with van der Waals surface area (Å²) in [5, 5.41) is 3.16. The van der Waals surface area contributed by atoms with Crippen LogP contribution in [0.25, 0.3) is 0 Å². The fraction of sp³-hybridized carbons (Fsp3) is 0.389. The number of ether oxygens (including phenoxy) is 3. The maximum Gasteiger partial charge on any atom is 0.244 e. The van der Waals surface area contributed by atoms with Crippen molar-refractivity contribution in [1.29, 1.82) is 0 Å². The monoisotopic (exact) mass is 391 g/mol. The summed E-state index contributed by atoms with van der Waals surface area (Å²) in [6.07, 6.45) is 1.22. The molecule has 1 aromatic carbocycles. The van der Waals surface area contributed by atoms with Crippen molar-refractivity contribution in [3.05, 3.63) is 42.6 Å². The van der Waals surface area contributed by atoms with E-state index in [1.165, 1.54) is 10.5 Å². The second-order valence-corrected chi connectivity index (χ2v) is 8.21. The molecular formula is C18H21N3O5S. The Bertz CT molecular complexity index is 882. The summed E-state index contributed by atoms with van der Waals surface area (Å²) in [6, 6.07) is 10.8. The second kappa shape index (κ2) is 7.71. The summed E-state index contributed by atoms with van der Waals surface area (Å²) in [6.45, 7) is 2.49. The van der Waals surface area contributed by atoms with Gasteiger partial charge in [0.25, 0.3) is 0 Å². The Labute approximate surface area is 158 Å². The van der Waals surface area contributed by atoms with Gasteiger partial charge in [0.2, 0.25) is 10.0 Å². The Kier molecular flexibility index (Phi) is 5.15. The number of anilines is 1. The van der Waals surface area contributed by atoms with Crippen LogP contribution >= 0.6 is 0 Å². The molecule has 2 aliphatic heterocycles. The minimum Gasteiger partial charge on any atom is -0.486 e. The maximum atomic E-state index is 12.6. The van der Waals surface area contributed by atoms with Crippen LogP contribution < -0.4 is 14.8 Å². The molecule has 0 unspecified atom stereocenters. The van der Waals surface area contributed by atoms with Gasteiger partial charge in [-0.3, -0.25) is 0 Å². The average molecular weight is 391 g/mol. The number of nitrogens with one attached hydrogen (secondary N) is 1. The van der Waals surface area contributed by atoms with Crippen LogP contribution in [0.2, 0.25) is 0 Å². The van der Waals surface area contributed by atoms with Crippen LogP contribution in [0.3, 0.4) is 0 Å². The predicted octanol–water partition coefficient (Wildman–Crippen LogP) is 1.35. The van der Waals surface area contributed by atoms with E-state index in [2.05, 4.69) is 10.3 Å². The van der Waals surface area contributed by atoms with Crippen LogP contribution in [0.5, 0.6) is 11.5 Å². The highest BCUT2D eigenvalue weighted by Crippen LogP contribution is 2.30. The van der Waals surface area contributed by atoms with Gasteiger partial charge in [-0.25, -0.2) is 13.4 Å². The number of hydrogen-bond donors (Lipinski definition) is 1. The van der Waals surface area contributed by atoms with Crippen LogP contribution in [0.15, 0.2) is 47.5 Å². The molecule has 0 amide bonds. The second-order valence-electron chi connectivity index (χ2n) is 6.27. The molecule has 1 aromatic heterocycles. The Morgan fingerprint density at radius 2 is 1.89 bits per heavy atom. The van der Waals surface area contributed by atoms with Crippen molar-refractivity contribution in [3.63, 3.8) is 0 Å². The minimum absolute atomic E-state index is 0.154. The van der Waals surface area contributed by atoms with E-state index in [1.807, 2.05) is 24.3 Å². The average Bonchev–Trinajstić information content (AvgIpc) is 2.73. The lowest BCUT2D eigenvalue weighted by Gasteiger charge is -2.27. The molecule has 0 radical (unpaired) electrons. The number of pyridine rings is 1. The van der Waals surface area contributed by atoms with Gasteiger partial charge < -0.3 is 19.5 Å². The molecule has 2 aliphatic rings. The van der Waals surface area contributed by atoms with Crippen LogP contribution in [0.1, 0.15) is 0 Å². The summed E-state index contributed by atoms with van der Waals surface area (Å²) in [4.78, 5) is 4.41. The molecule has 0 saturated carbocycles. The van der Waals surface area contributed by atoms with Gasteiger partial charge in [0.15, 0.2) is 11.5 Å². The van der Waals surface area contributed by atoms with Gasteiger partial charge in [0.05, 0.1) is 19.8 Å². The lowest BCUT2D eigenvalue weighted by atomic mass is 10.2. The number of sulfonamides is 1. The molecule has 0 bridgehead atoms. The van der Waals surface area contributed by atoms with Crippen LogP contribution in [0.4, 0.5) is 5.82 Å². The van der Waals surface area contributed by atoms with Gasteiger partial charge in [0.1, 0.15) is 23.4 Å². The zero-order valence-corrected chi connectivity index (χ0v) is 15.5. The molecule has 1 saturated heterocycles. The molecule has 0 spiro atoms. The van der Waals surface area contributed by atoms with Gasteiger partial charge in [-0.1, -0.05) is 12.1 Å². The fourth-order valence-corrected chi connectivity index (χ4v) is 4.31. The maximum absolute atomic E-state index is 12.6. The number of para-hydroxylation sites is 2. The van der Waals surface area contributed by atoms with E-state index in [9.17, 15) is 8.42 Å². The van der Waals surface area contributed by atoms with Crippen molar-refractivity contribution in [3.8, 4) is 11.5 Å². The highest BCUT2D eigenvalue weighted by atomic mass is 32.2. The molecular weight excluding hydrogens is 370 g/mol. The van der Waals surface area contributed by atoms with Crippen molar-refractivity contribution in [2.75, 3.05) is 44.8 Å². The van der Waals surface area contributed by atoms with Crippen molar-refractivity contribution >= 4 is 15.8 Å². The summed E-state index contributed by atoms with van der Waals surface area (Å²) in [5.41, 5.74) is 0.